The Hall–Kier alpha value is -1.23. The standard InChI is InChI=1S/C17H27N3O/c1-15(2)5-9-20-11-10-19(14-17(20)6-12-21)13-16-3-7-18-8-4-16/h3-5,7-8,17,21H,6,9-14H2,1-2H3. The smallest absolute Gasteiger partial charge is 0.0446 e. The van der Waals surface area contributed by atoms with E-state index in [0.29, 0.717) is 6.04 Å². The van der Waals surface area contributed by atoms with Crippen molar-refractivity contribution < 1.29 is 5.11 Å². The van der Waals surface area contributed by atoms with Gasteiger partial charge in [0.1, 0.15) is 0 Å². The van der Waals surface area contributed by atoms with Gasteiger partial charge < -0.3 is 5.11 Å². The number of hydrogen-bond donors (Lipinski definition) is 1. The summed E-state index contributed by atoms with van der Waals surface area (Å²) >= 11 is 0. The van der Waals surface area contributed by atoms with E-state index < -0.39 is 0 Å². The van der Waals surface area contributed by atoms with Crippen LogP contribution in [0.15, 0.2) is 36.2 Å². The van der Waals surface area contributed by atoms with E-state index in [9.17, 15) is 5.11 Å². The van der Waals surface area contributed by atoms with Gasteiger partial charge in [-0.15, -0.1) is 0 Å². The highest BCUT2D eigenvalue weighted by atomic mass is 16.3. The molecule has 4 nitrogen and oxygen atoms in total. The predicted molar refractivity (Wildman–Crippen MR) is 86.0 cm³/mol. The molecule has 2 rings (SSSR count). The molecular weight excluding hydrogens is 262 g/mol. The summed E-state index contributed by atoms with van der Waals surface area (Å²) in [6, 6.07) is 4.61. The van der Waals surface area contributed by atoms with Crippen LogP contribution in [-0.2, 0) is 6.54 Å². The average molecular weight is 289 g/mol. The molecule has 0 aromatic carbocycles. The van der Waals surface area contributed by atoms with Crippen LogP contribution in [-0.4, -0.2) is 58.7 Å². The van der Waals surface area contributed by atoms with Gasteiger partial charge in [0.2, 0.25) is 0 Å². The molecule has 0 amide bonds. The maximum Gasteiger partial charge on any atom is 0.0446 e. The summed E-state index contributed by atoms with van der Waals surface area (Å²) in [5.41, 5.74) is 2.67. The van der Waals surface area contributed by atoms with Gasteiger partial charge in [-0.05, 0) is 38.0 Å². The SMILES string of the molecule is CC(C)=CCN1CCN(Cc2ccncc2)CC1CCO. The molecule has 0 spiro atoms. The van der Waals surface area contributed by atoms with Gasteiger partial charge in [0.05, 0.1) is 0 Å². The van der Waals surface area contributed by atoms with E-state index in [1.807, 2.05) is 12.4 Å². The zero-order valence-corrected chi connectivity index (χ0v) is 13.2. The molecule has 1 fully saturated rings. The van der Waals surface area contributed by atoms with Crippen LogP contribution in [0.2, 0.25) is 0 Å². The van der Waals surface area contributed by atoms with Crippen LogP contribution >= 0.6 is 0 Å². The first kappa shape index (κ1) is 16.1. The quantitative estimate of drug-likeness (QED) is 0.812. The van der Waals surface area contributed by atoms with E-state index in [0.717, 1.165) is 39.1 Å². The van der Waals surface area contributed by atoms with Crippen molar-refractivity contribution in [1.82, 2.24) is 14.8 Å². The topological polar surface area (TPSA) is 39.6 Å². The highest BCUT2D eigenvalue weighted by Crippen LogP contribution is 2.15. The fourth-order valence-corrected chi connectivity index (χ4v) is 2.81. The summed E-state index contributed by atoms with van der Waals surface area (Å²) in [4.78, 5) is 9.04. The van der Waals surface area contributed by atoms with Crippen LogP contribution in [0, 0.1) is 0 Å². The summed E-state index contributed by atoms with van der Waals surface area (Å²) in [5, 5.41) is 9.32. The van der Waals surface area contributed by atoms with Gasteiger partial charge in [0.25, 0.3) is 0 Å². The van der Waals surface area contributed by atoms with E-state index in [-0.39, 0.29) is 6.61 Å². The van der Waals surface area contributed by atoms with E-state index in [2.05, 4.69) is 46.8 Å². The maximum atomic E-state index is 9.32. The zero-order valence-electron chi connectivity index (χ0n) is 13.2. The van der Waals surface area contributed by atoms with E-state index in [4.69, 9.17) is 0 Å². The highest BCUT2D eigenvalue weighted by Gasteiger charge is 2.25. The Balaban J connectivity index is 1.92. The van der Waals surface area contributed by atoms with E-state index in [1.165, 1.54) is 11.1 Å². The predicted octanol–water partition coefficient (Wildman–Crippen LogP) is 1.92. The van der Waals surface area contributed by atoms with Gasteiger partial charge in [-0.1, -0.05) is 11.6 Å². The molecule has 1 unspecified atom stereocenters. The van der Waals surface area contributed by atoms with E-state index >= 15 is 0 Å². The lowest BCUT2D eigenvalue weighted by Crippen LogP contribution is -2.53. The Bertz CT molecular complexity index is 443. The van der Waals surface area contributed by atoms with Gasteiger partial charge in [0.15, 0.2) is 0 Å². The van der Waals surface area contributed by atoms with Crippen molar-refractivity contribution in [2.24, 2.45) is 0 Å². The molecule has 0 aliphatic carbocycles. The van der Waals surface area contributed by atoms with Gasteiger partial charge in [-0.2, -0.15) is 0 Å². The maximum absolute atomic E-state index is 9.32. The van der Waals surface area contributed by atoms with Crippen LogP contribution in [0.1, 0.15) is 25.8 Å². The number of pyridine rings is 1. The normalized spacial score (nSPS) is 20.4. The summed E-state index contributed by atoms with van der Waals surface area (Å²) < 4.78 is 0. The Morgan fingerprint density at radius 2 is 2.10 bits per heavy atom. The molecule has 1 atom stereocenters. The van der Waals surface area contributed by atoms with Crippen LogP contribution in [0.3, 0.4) is 0 Å². The Labute approximate surface area is 128 Å². The number of aliphatic hydroxyl groups is 1. The molecule has 1 aliphatic rings. The molecule has 116 valence electrons. The second-order valence-corrected chi connectivity index (χ2v) is 6.03. The number of piperazine rings is 1. The average Bonchev–Trinajstić information content (AvgIpc) is 2.48. The Morgan fingerprint density at radius 1 is 1.33 bits per heavy atom. The number of allylic oxidation sites excluding steroid dienone is 1. The number of aromatic nitrogens is 1. The van der Waals surface area contributed by atoms with Crippen LogP contribution in [0.4, 0.5) is 0 Å². The summed E-state index contributed by atoms with van der Waals surface area (Å²) in [5.74, 6) is 0. The van der Waals surface area contributed by atoms with Crippen molar-refractivity contribution in [3.63, 3.8) is 0 Å². The minimum absolute atomic E-state index is 0.263. The van der Waals surface area contributed by atoms with Gasteiger partial charge in [-0.25, -0.2) is 0 Å². The van der Waals surface area contributed by atoms with Gasteiger partial charge in [0, 0.05) is 57.8 Å². The lowest BCUT2D eigenvalue weighted by molar-refractivity contribution is 0.0636. The highest BCUT2D eigenvalue weighted by molar-refractivity contribution is 5.09. The molecule has 21 heavy (non-hydrogen) atoms. The van der Waals surface area contributed by atoms with Crippen LogP contribution in [0.5, 0.6) is 0 Å². The first-order valence-electron chi connectivity index (χ1n) is 7.78. The van der Waals surface area contributed by atoms with Crippen molar-refractivity contribution in [2.75, 3.05) is 32.8 Å². The molecule has 1 N–H and O–H groups in total. The molecule has 0 radical (unpaired) electrons. The number of rotatable bonds is 6. The molecule has 1 aromatic rings. The molecule has 1 aliphatic heterocycles. The lowest BCUT2D eigenvalue weighted by Gasteiger charge is -2.41. The lowest BCUT2D eigenvalue weighted by atomic mass is 10.1. The number of aliphatic hydroxyl groups excluding tert-OH is 1. The van der Waals surface area contributed by atoms with Crippen LogP contribution < -0.4 is 0 Å². The third kappa shape index (κ3) is 5.23. The van der Waals surface area contributed by atoms with Gasteiger partial charge >= 0.3 is 0 Å². The summed E-state index contributed by atoms with van der Waals surface area (Å²) in [7, 11) is 0. The fourth-order valence-electron chi connectivity index (χ4n) is 2.81. The Morgan fingerprint density at radius 3 is 2.76 bits per heavy atom. The minimum Gasteiger partial charge on any atom is -0.396 e. The first-order valence-corrected chi connectivity index (χ1v) is 7.78. The third-order valence-corrected chi connectivity index (χ3v) is 4.04. The van der Waals surface area contributed by atoms with Crippen molar-refractivity contribution in [3.05, 3.63) is 41.7 Å². The van der Waals surface area contributed by atoms with Crippen molar-refractivity contribution in [2.45, 2.75) is 32.9 Å². The fraction of sp³-hybridized carbons (Fsp3) is 0.588. The van der Waals surface area contributed by atoms with Crippen LogP contribution in [0.25, 0.3) is 0 Å². The second-order valence-electron chi connectivity index (χ2n) is 6.03. The van der Waals surface area contributed by atoms with Crippen molar-refractivity contribution in [3.8, 4) is 0 Å². The third-order valence-electron chi connectivity index (χ3n) is 4.04. The molecule has 1 aromatic heterocycles. The minimum atomic E-state index is 0.263. The molecule has 0 bridgehead atoms. The van der Waals surface area contributed by atoms with Crippen molar-refractivity contribution >= 4 is 0 Å². The Kier molecular flexibility index (Phi) is 6.36. The largest absolute Gasteiger partial charge is 0.396 e. The number of hydrogen-bond acceptors (Lipinski definition) is 4. The monoisotopic (exact) mass is 289 g/mol. The summed E-state index contributed by atoms with van der Waals surface area (Å²) in [6.45, 7) is 9.69. The molecule has 4 heteroatoms. The zero-order chi connectivity index (χ0) is 15.1. The molecule has 0 saturated carbocycles. The molecule has 1 saturated heterocycles. The first-order chi connectivity index (χ1) is 10.2. The van der Waals surface area contributed by atoms with E-state index in [1.54, 1.807) is 0 Å². The van der Waals surface area contributed by atoms with Gasteiger partial charge in [-0.3, -0.25) is 14.8 Å². The molecular formula is C17H27N3O. The second kappa shape index (κ2) is 8.27. The number of nitrogens with zero attached hydrogens (tertiary/aromatic N) is 3. The molecule has 2 heterocycles. The summed E-state index contributed by atoms with van der Waals surface area (Å²) in [6.07, 6.45) is 6.84. The van der Waals surface area contributed by atoms with Crippen molar-refractivity contribution in [1.29, 1.82) is 0 Å².